The lowest BCUT2D eigenvalue weighted by molar-refractivity contribution is -0.129. The van der Waals surface area contributed by atoms with Crippen LogP contribution < -0.4 is 47.7 Å². The van der Waals surface area contributed by atoms with Crippen LogP contribution in [0.4, 0.5) is 34.1 Å². The van der Waals surface area contributed by atoms with Crippen molar-refractivity contribution in [3.8, 4) is 46.0 Å². The summed E-state index contributed by atoms with van der Waals surface area (Å²) in [5.74, 6) is 1.68. The molecule has 0 aliphatic rings. The Labute approximate surface area is 445 Å². The standard InChI is InChI=1S/C63H50N2O12/c1-5-60(66)74-56-29-21-50(22-30-56)64(46-13-9-44(10-14-46)41-70-52-33-37-58(38-34-52)76-62(68)7-3)48-17-25-54(26-18-48)72-43-73-55-27-19-49(20-28-55)65(51-23-31-57(32-24-51)75-61(67)6-2)47-15-11-45(12-16-47)42-71-53-35-39-59(40-36-53)77-63(69)8-4/h5-40H,1-4,41-43H2. The molecule has 8 rings (SSSR count). The summed E-state index contributed by atoms with van der Waals surface area (Å²) in [4.78, 5) is 51.0. The minimum Gasteiger partial charge on any atom is -0.489 e. The van der Waals surface area contributed by atoms with Crippen molar-refractivity contribution in [1.82, 2.24) is 0 Å². The molecule has 0 aliphatic carbocycles. The van der Waals surface area contributed by atoms with Crippen molar-refractivity contribution in [3.05, 3.63) is 256 Å². The lowest BCUT2D eigenvalue weighted by Gasteiger charge is -2.26. The highest BCUT2D eigenvalue weighted by Crippen LogP contribution is 2.38. The maximum atomic E-state index is 11.9. The average Bonchev–Trinajstić information content (AvgIpc) is 3.47. The highest BCUT2D eigenvalue weighted by molar-refractivity contribution is 5.85. The number of hydrogen-bond donors (Lipinski definition) is 0. The van der Waals surface area contributed by atoms with Crippen LogP contribution in [0.2, 0.25) is 0 Å². The van der Waals surface area contributed by atoms with Crippen LogP contribution in [0, 0.1) is 0 Å². The van der Waals surface area contributed by atoms with Gasteiger partial charge in [0.1, 0.15) is 59.2 Å². The highest BCUT2D eigenvalue weighted by Gasteiger charge is 2.17. The van der Waals surface area contributed by atoms with E-state index in [0.29, 0.717) is 59.2 Å². The maximum absolute atomic E-state index is 11.9. The molecule has 14 heteroatoms. The zero-order chi connectivity index (χ0) is 53.9. The fourth-order valence-electron chi connectivity index (χ4n) is 7.42. The summed E-state index contributed by atoms with van der Waals surface area (Å²) >= 11 is 0. The largest absolute Gasteiger partial charge is 0.489 e. The molecule has 0 radical (unpaired) electrons. The smallest absolute Gasteiger partial charge is 0.335 e. The van der Waals surface area contributed by atoms with E-state index in [9.17, 15) is 19.2 Å². The van der Waals surface area contributed by atoms with Crippen molar-refractivity contribution in [3.63, 3.8) is 0 Å². The first-order valence-corrected chi connectivity index (χ1v) is 23.8. The topological polar surface area (TPSA) is 149 Å². The summed E-state index contributed by atoms with van der Waals surface area (Å²) in [6.45, 7) is 14.3. The van der Waals surface area contributed by atoms with Crippen LogP contribution in [-0.4, -0.2) is 30.7 Å². The van der Waals surface area contributed by atoms with E-state index in [0.717, 1.165) is 69.6 Å². The molecule has 77 heavy (non-hydrogen) atoms. The van der Waals surface area contributed by atoms with Gasteiger partial charge < -0.3 is 47.7 Å². The van der Waals surface area contributed by atoms with Crippen molar-refractivity contribution in [2.24, 2.45) is 0 Å². The number of hydrogen-bond acceptors (Lipinski definition) is 14. The van der Waals surface area contributed by atoms with Crippen LogP contribution in [0.25, 0.3) is 0 Å². The maximum Gasteiger partial charge on any atom is 0.335 e. The lowest BCUT2D eigenvalue weighted by atomic mass is 10.1. The third kappa shape index (κ3) is 14.8. The molecule has 8 aromatic rings. The molecule has 0 N–H and O–H groups in total. The molecule has 0 amide bonds. The molecule has 8 aromatic carbocycles. The van der Waals surface area contributed by atoms with Crippen LogP contribution in [-0.2, 0) is 32.4 Å². The molecule has 0 aromatic heterocycles. The number of ether oxygens (including phenoxy) is 8. The number of carbonyl (C=O) groups excluding carboxylic acids is 4. The number of esters is 4. The van der Waals surface area contributed by atoms with Gasteiger partial charge in [-0.3, -0.25) is 0 Å². The van der Waals surface area contributed by atoms with Crippen LogP contribution >= 0.6 is 0 Å². The minimum absolute atomic E-state index is 0.0746. The van der Waals surface area contributed by atoms with Crippen molar-refractivity contribution < 1.29 is 57.1 Å². The van der Waals surface area contributed by atoms with Crippen LogP contribution in [0.5, 0.6) is 46.0 Å². The molecule has 0 fully saturated rings. The third-order valence-corrected chi connectivity index (χ3v) is 11.2. The molecule has 0 aliphatic heterocycles. The Morgan fingerprint density at radius 3 is 0.727 bits per heavy atom. The molecule has 0 heterocycles. The first kappa shape index (κ1) is 52.7. The fraction of sp³-hybridized carbons (Fsp3) is 0.0476. The molecule has 14 nitrogen and oxygen atoms in total. The first-order chi connectivity index (χ1) is 37.6. The fourth-order valence-corrected chi connectivity index (χ4v) is 7.42. The van der Waals surface area contributed by atoms with E-state index in [2.05, 4.69) is 26.3 Å². The molecule has 0 saturated heterocycles. The van der Waals surface area contributed by atoms with Gasteiger partial charge in [0.2, 0.25) is 6.79 Å². The predicted molar refractivity (Wildman–Crippen MR) is 293 cm³/mol. The van der Waals surface area contributed by atoms with Gasteiger partial charge in [0.25, 0.3) is 0 Å². The Bertz CT molecular complexity index is 3100. The summed E-state index contributed by atoms with van der Waals surface area (Å²) in [7, 11) is 0. The van der Waals surface area contributed by atoms with Gasteiger partial charge in [-0.2, -0.15) is 0 Å². The van der Waals surface area contributed by atoms with Gasteiger partial charge in [-0.25, -0.2) is 19.2 Å². The van der Waals surface area contributed by atoms with Crippen LogP contribution in [0.3, 0.4) is 0 Å². The Morgan fingerprint density at radius 1 is 0.286 bits per heavy atom. The summed E-state index contributed by atoms with van der Waals surface area (Å²) < 4.78 is 45.0. The number of nitrogens with zero attached hydrogens (tertiary/aromatic N) is 2. The van der Waals surface area contributed by atoms with E-state index >= 15 is 0 Å². The Hall–Kier alpha value is -10.6. The van der Waals surface area contributed by atoms with Gasteiger partial charge >= 0.3 is 23.9 Å². The zero-order valence-corrected chi connectivity index (χ0v) is 41.5. The Morgan fingerprint density at radius 2 is 0.481 bits per heavy atom. The van der Waals surface area contributed by atoms with E-state index in [4.69, 9.17) is 37.9 Å². The summed E-state index contributed by atoms with van der Waals surface area (Å²) in [5.41, 5.74) is 6.78. The van der Waals surface area contributed by atoms with E-state index in [-0.39, 0.29) is 6.79 Å². The highest BCUT2D eigenvalue weighted by atomic mass is 16.7. The SMILES string of the molecule is C=CC(=O)Oc1ccc(OCc2ccc(N(c3ccc(OCOc4ccc(N(c5ccc(COc6ccc(OC(=O)C=C)cc6)cc5)c5ccc(OC(=O)C=C)cc5)cc4)cc3)c3ccc(OC(=O)C=C)cc3)cc2)cc1. The zero-order valence-electron chi connectivity index (χ0n) is 41.5. The van der Waals surface area contributed by atoms with Crippen molar-refractivity contribution in [2.45, 2.75) is 13.2 Å². The first-order valence-electron chi connectivity index (χ1n) is 23.8. The second-order valence-electron chi connectivity index (χ2n) is 16.4. The van der Waals surface area contributed by atoms with Crippen molar-refractivity contribution in [2.75, 3.05) is 16.6 Å². The quantitative estimate of drug-likeness (QED) is 0.0244. The van der Waals surface area contributed by atoms with E-state index in [1.165, 1.54) is 0 Å². The van der Waals surface area contributed by atoms with Gasteiger partial charge in [0.05, 0.1) is 0 Å². The van der Waals surface area contributed by atoms with Crippen molar-refractivity contribution in [1.29, 1.82) is 0 Å². The average molecular weight is 1030 g/mol. The van der Waals surface area contributed by atoms with E-state index in [1.54, 1.807) is 72.8 Å². The van der Waals surface area contributed by atoms with Crippen LogP contribution in [0.15, 0.2) is 245 Å². The Kier molecular flexibility index (Phi) is 17.7. The summed E-state index contributed by atoms with van der Waals surface area (Å²) in [6, 6.07) is 58.7. The predicted octanol–water partition coefficient (Wildman–Crippen LogP) is 13.6. The number of anilines is 6. The molecule has 0 spiro atoms. The molecule has 0 bridgehead atoms. The number of benzene rings is 8. The lowest BCUT2D eigenvalue weighted by Crippen LogP contribution is -2.11. The van der Waals surface area contributed by atoms with Gasteiger partial charge in [-0.15, -0.1) is 0 Å². The molecule has 0 atom stereocenters. The van der Waals surface area contributed by atoms with E-state index < -0.39 is 23.9 Å². The van der Waals surface area contributed by atoms with Crippen molar-refractivity contribution >= 4 is 58.0 Å². The molecule has 384 valence electrons. The number of rotatable bonds is 24. The third-order valence-electron chi connectivity index (χ3n) is 11.2. The van der Waals surface area contributed by atoms with Gasteiger partial charge in [0, 0.05) is 58.4 Å². The second kappa shape index (κ2) is 25.9. The summed E-state index contributed by atoms with van der Waals surface area (Å²) in [6.07, 6.45) is 4.41. The minimum atomic E-state index is -0.559. The molecule has 0 saturated carbocycles. The van der Waals surface area contributed by atoms with Crippen LogP contribution in [0.1, 0.15) is 11.1 Å². The van der Waals surface area contributed by atoms with Gasteiger partial charge in [-0.1, -0.05) is 50.6 Å². The Balaban J connectivity index is 0.925. The van der Waals surface area contributed by atoms with Gasteiger partial charge in [0.15, 0.2) is 0 Å². The number of carbonyl (C=O) groups is 4. The second-order valence-corrected chi connectivity index (χ2v) is 16.4. The molecular formula is C63H50N2O12. The van der Waals surface area contributed by atoms with E-state index in [1.807, 2.05) is 131 Å². The summed E-state index contributed by atoms with van der Waals surface area (Å²) in [5, 5.41) is 0. The van der Waals surface area contributed by atoms with Gasteiger partial charge in [-0.05, 0) is 181 Å². The molecule has 0 unspecified atom stereocenters. The molecular weight excluding hydrogens is 977 g/mol. The normalized spacial score (nSPS) is 10.4. The monoisotopic (exact) mass is 1030 g/mol.